The maximum absolute atomic E-state index is 12.5. The van der Waals surface area contributed by atoms with E-state index in [1.807, 2.05) is 0 Å². The molecule has 3 unspecified atom stereocenters. The third-order valence-corrected chi connectivity index (χ3v) is 4.09. The molecule has 0 saturated carbocycles. The number of amides is 1. The normalized spacial score (nSPS) is 26.1. The third-order valence-electron chi connectivity index (χ3n) is 4.09. The number of hydrogen-bond acceptors (Lipinski definition) is 2. The molecule has 1 saturated heterocycles. The van der Waals surface area contributed by atoms with Gasteiger partial charge in [0.1, 0.15) is 0 Å². The van der Waals surface area contributed by atoms with E-state index >= 15 is 0 Å². The zero-order valence-electron chi connectivity index (χ0n) is 12.7. The molecule has 106 valence electrons. The molecule has 0 aromatic heterocycles. The maximum Gasteiger partial charge on any atom is 0.241 e. The predicted molar refractivity (Wildman–Crippen MR) is 76.3 cm³/mol. The highest BCUT2D eigenvalue weighted by atomic mass is 16.2. The Morgan fingerprint density at radius 3 is 2.33 bits per heavy atom. The van der Waals surface area contributed by atoms with E-state index in [0.717, 1.165) is 32.1 Å². The van der Waals surface area contributed by atoms with E-state index in [9.17, 15) is 4.79 Å². The lowest BCUT2D eigenvalue weighted by atomic mass is 10.0. The monoisotopic (exact) mass is 254 g/mol. The summed E-state index contributed by atoms with van der Waals surface area (Å²) >= 11 is 0. The van der Waals surface area contributed by atoms with Crippen LogP contribution >= 0.6 is 0 Å². The average Bonchev–Trinajstić information content (AvgIpc) is 2.63. The summed E-state index contributed by atoms with van der Waals surface area (Å²) in [6.45, 7) is 10.9. The minimum Gasteiger partial charge on any atom is -0.323 e. The summed E-state index contributed by atoms with van der Waals surface area (Å²) in [5.41, 5.74) is 0. The molecular weight excluding hydrogens is 224 g/mol. The molecule has 0 aliphatic carbocycles. The molecule has 1 aliphatic heterocycles. The molecule has 3 nitrogen and oxygen atoms in total. The SMILES string of the molecule is CCCCC1NC(CCC)N(C(C)C(C)C)C1=O. The topological polar surface area (TPSA) is 32.3 Å². The summed E-state index contributed by atoms with van der Waals surface area (Å²) in [6.07, 6.45) is 5.70. The molecule has 1 fully saturated rings. The van der Waals surface area contributed by atoms with Crippen molar-refractivity contribution >= 4 is 5.91 Å². The van der Waals surface area contributed by atoms with E-state index < -0.39 is 0 Å². The summed E-state index contributed by atoms with van der Waals surface area (Å²) in [7, 11) is 0. The molecule has 1 N–H and O–H groups in total. The Morgan fingerprint density at radius 1 is 1.17 bits per heavy atom. The zero-order chi connectivity index (χ0) is 13.7. The molecule has 1 aliphatic rings. The van der Waals surface area contributed by atoms with E-state index in [0.29, 0.717) is 17.9 Å². The lowest BCUT2D eigenvalue weighted by Gasteiger charge is -2.32. The second kappa shape index (κ2) is 7.13. The van der Waals surface area contributed by atoms with Gasteiger partial charge in [0.2, 0.25) is 5.91 Å². The van der Waals surface area contributed by atoms with Crippen LogP contribution in [0, 0.1) is 5.92 Å². The first-order valence-electron chi connectivity index (χ1n) is 7.61. The fourth-order valence-electron chi connectivity index (χ4n) is 2.63. The van der Waals surface area contributed by atoms with E-state index in [-0.39, 0.29) is 12.2 Å². The number of carbonyl (C=O) groups excluding carboxylic acids is 1. The summed E-state index contributed by atoms with van der Waals surface area (Å²) in [4.78, 5) is 14.6. The van der Waals surface area contributed by atoms with Gasteiger partial charge in [-0.15, -0.1) is 0 Å². The second-order valence-corrected chi connectivity index (χ2v) is 5.90. The number of unbranched alkanes of at least 4 members (excludes halogenated alkanes) is 1. The molecule has 0 radical (unpaired) electrons. The molecule has 0 bridgehead atoms. The number of rotatable bonds is 7. The Bertz CT molecular complexity index is 265. The van der Waals surface area contributed by atoms with Crippen LogP contribution in [0.5, 0.6) is 0 Å². The van der Waals surface area contributed by atoms with Crippen molar-refractivity contribution in [2.24, 2.45) is 5.92 Å². The molecule has 18 heavy (non-hydrogen) atoms. The summed E-state index contributed by atoms with van der Waals surface area (Å²) in [6, 6.07) is 0.385. The second-order valence-electron chi connectivity index (χ2n) is 5.90. The highest BCUT2D eigenvalue weighted by molar-refractivity contribution is 5.84. The van der Waals surface area contributed by atoms with Gasteiger partial charge in [0.25, 0.3) is 0 Å². The van der Waals surface area contributed by atoms with Crippen LogP contribution in [0.4, 0.5) is 0 Å². The fourth-order valence-corrected chi connectivity index (χ4v) is 2.63. The lowest BCUT2D eigenvalue weighted by Crippen LogP contribution is -2.45. The van der Waals surface area contributed by atoms with Crippen LogP contribution in [0.2, 0.25) is 0 Å². The van der Waals surface area contributed by atoms with Crippen molar-refractivity contribution in [2.75, 3.05) is 0 Å². The van der Waals surface area contributed by atoms with Crippen molar-refractivity contribution in [3.8, 4) is 0 Å². The van der Waals surface area contributed by atoms with Gasteiger partial charge in [-0.05, 0) is 25.7 Å². The average molecular weight is 254 g/mol. The van der Waals surface area contributed by atoms with Gasteiger partial charge in [-0.25, -0.2) is 0 Å². The highest BCUT2D eigenvalue weighted by Crippen LogP contribution is 2.24. The number of carbonyl (C=O) groups is 1. The summed E-state index contributed by atoms with van der Waals surface area (Å²) in [5, 5.41) is 3.54. The van der Waals surface area contributed by atoms with Gasteiger partial charge < -0.3 is 4.90 Å². The van der Waals surface area contributed by atoms with Gasteiger partial charge in [0, 0.05) is 6.04 Å². The van der Waals surface area contributed by atoms with E-state index in [2.05, 4.69) is 44.8 Å². The number of hydrogen-bond donors (Lipinski definition) is 1. The fraction of sp³-hybridized carbons (Fsp3) is 0.933. The summed E-state index contributed by atoms with van der Waals surface area (Å²) in [5.74, 6) is 0.836. The Balaban J connectivity index is 2.74. The number of nitrogens with zero attached hydrogens (tertiary/aromatic N) is 1. The zero-order valence-corrected chi connectivity index (χ0v) is 12.7. The van der Waals surface area contributed by atoms with Gasteiger partial charge in [0.05, 0.1) is 12.2 Å². The molecule has 0 aromatic rings. The van der Waals surface area contributed by atoms with Crippen molar-refractivity contribution in [1.29, 1.82) is 0 Å². The van der Waals surface area contributed by atoms with Gasteiger partial charge >= 0.3 is 0 Å². The number of nitrogens with one attached hydrogen (secondary N) is 1. The van der Waals surface area contributed by atoms with Crippen LogP contribution in [-0.4, -0.2) is 29.1 Å². The molecule has 3 heteroatoms. The van der Waals surface area contributed by atoms with Gasteiger partial charge in [-0.3, -0.25) is 10.1 Å². The van der Waals surface area contributed by atoms with Gasteiger partial charge in [0.15, 0.2) is 0 Å². The predicted octanol–water partition coefficient (Wildman–Crippen LogP) is 3.15. The van der Waals surface area contributed by atoms with Gasteiger partial charge in [-0.2, -0.15) is 0 Å². The minimum absolute atomic E-state index is 0.0581. The van der Waals surface area contributed by atoms with Crippen LogP contribution in [0.1, 0.15) is 66.7 Å². The van der Waals surface area contributed by atoms with Crippen molar-refractivity contribution < 1.29 is 4.79 Å². The highest BCUT2D eigenvalue weighted by Gasteiger charge is 2.40. The Hall–Kier alpha value is -0.570. The molecule has 3 atom stereocenters. The minimum atomic E-state index is 0.0581. The van der Waals surface area contributed by atoms with E-state index in [4.69, 9.17) is 0 Å². The Labute approximate surface area is 112 Å². The van der Waals surface area contributed by atoms with E-state index in [1.54, 1.807) is 0 Å². The molecule has 1 heterocycles. The molecular formula is C15H30N2O. The van der Waals surface area contributed by atoms with Crippen LogP contribution in [0.25, 0.3) is 0 Å². The standard InChI is InChI=1S/C15H30N2O/c1-6-8-10-13-15(18)17(12(5)11(3)4)14(16-13)9-7-2/h11-14,16H,6-10H2,1-5H3. The lowest BCUT2D eigenvalue weighted by molar-refractivity contribution is -0.133. The first-order chi connectivity index (χ1) is 8.52. The van der Waals surface area contributed by atoms with E-state index in [1.165, 1.54) is 0 Å². The van der Waals surface area contributed by atoms with Crippen LogP contribution in [-0.2, 0) is 4.79 Å². The quantitative estimate of drug-likeness (QED) is 0.757. The smallest absolute Gasteiger partial charge is 0.241 e. The van der Waals surface area contributed by atoms with Crippen LogP contribution in [0.15, 0.2) is 0 Å². The third kappa shape index (κ3) is 3.47. The van der Waals surface area contributed by atoms with Crippen LogP contribution < -0.4 is 5.32 Å². The van der Waals surface area contributed by atoms with Gasteiger partial charge in [-0.1, -0.05) is 47.0 Å². The van der Waals surface area contributed by atoms with Crippen molar-refractivity contribution in [3.05, 3.63) is 0 Å². The van der Waals surface area contributed by atoms with Crippen molar-refractivity contribution in [2.45, 2.75) is 85.0 Å². The van der Waals surface area contributed by atoms with Crippen LogP contribution in [0.3, 0.4) is 0 Å². The Morgan fingerprint density at radius 2 is 1.83 bits per heavy atom. The van der Waals surface area contributed by atoms with Crippen molar-refractivity contribution in [1.82, 2.24) is 10.2 Å². The first-order valence-corrected chi connectivity index (χ1v) is 7.61. The molecule has 1 amide bonds. The summed E-state index contributed by atoms with van der Waals surface area (Å²) < 4.78 is 0. The van der Waals surface area contributed by atoms with Crippen molar-refractivity contribution in [3.63, 3.8) is 0 Å². The molecule has 0 aromatic carbocycles. The first kappa shape index (κ1) is 15.5. The largest absolute Gasteiger partial charge is 0.323 e. The molecule has 0 spiro atoms. The maximum atomic E-state index is 12.5. The Kier molecular flexibility index (Phi) is 6.13. The molecule has 1 rings (SSSR count).